The third-order valence-corrected chi connectivity index (χ3v) is 4.35. The molecule has 0 bridgehead atoms. The van der Waals surface area contributed by atoms with Gasteiger partial charge in [-0.1, -0.05) is 39.7 Å². The van der Waals surface area contributed by atoms with E-state index in [0.717, 1.165) is 21.2 Å². The molecule has 2 aromatic carbocycles. The Hall–Kier alpha value is -1.19. The maximum Gasteiger partial charge on any atom is 0.123 e. The molecule has 20 heavy (non-hydrogen) atoms. The van der Waals surface area contributed by atoms with Crippen LogP contribution in [0.5, 0.6) is 0 Å². The van der Waals surface area contributed by atoms with Gasteiger partial charge in [0.2, 0.25) is 0 Å². The van der Waals surface area contributed by atoms with Crippen molar-refractivity contribution < 1.29 is 4.39 Å². The van der Waals surface area contributed by atoms with Crippen LogP contribution in [-0.2, 0) is 12.0 Å². The molecule has 106 valence electrons. The lowest BCUT2D eigenvalue weighted by molar-refractivity contribution is 0.485. The molecule has 2 rings (SSSR count). The first-order valence-electron chi connectivity index (χ1n) is 6.60. The molecule has 0 heterocycles. The molecule has 1 unspecified atom stereocenters. The highest BCUT2D eigenvalue weighted by molar-refractivity contribution is 9.10. The summed E-state index contributed by atoms with van der Waals surface area (Å²) < 4.78 is 14.3. The van der Waals surface area contributed by atoms with E-state index in [2.05, 4.69) is 48.0 Å². The van der Waals surface area contributed by atoms with Crippen LogP contribution in [0.15, 0.2) is 40.9 Å². The van der Waals surface area contributed by atoms with Gasteiger partial charge in [0.15, 0.2) is 0 Å². The molecule has 0 aliphatic rings. The highest BCUT2D eigenvalue weighted by Crippen LogP contribution is 2.29. The van der Waals surface area contributed by atoms with Crippen LogP contribution in [0, 0.1) is 19.7 Å². The number of hydrogen-bond acceptors (Lipinski definition) is 1. The number of hydrogen-bond donors (Lipinski definition) is 1. The van der Waals surface area contributed by atoms with E-state index in [-0.39, 0.29) is 5.82 Å². The normalized spacial score (nSPS) is 14.1. The molecule has 0 fully saturated rings. The van der Waals surface area contributed by atoms with E-state index in [9.17, 15) is 4.39 Å². The molecule has 2 aromatic rings. The van der Waals surface area contributed by atoms with Crippen LogP contribution >= 0.6 is 15.9 Å². The van der Waals surface area contributed by atoms with E-state index >= 15 is 0 Å². The second kappa shape index (κ2) is 5.66. The maximum absolute atomic E-state index is 13.4. The monoisotopic (exact) mass is 335 g/mol. The Morgan fingerprint density at radius 3 is 2.55 bits per heavy atom. The van der Waals surface area contributed by atoms with Crippen molar-refractivity contribution in [1.29, 1.82) is 0 Å². The van der Waals surface area contributed by atoms with Gasteiger partial charge in [-0.25, -0.2) is 4.39 Å². The Balaban J connectivity index is 2.40. The van der Waals surface area contributed by atoms with Gasteiger partial charge < -0.3 is 5.73 Å². The van der Waals surface area contributed by atoms with Gasteiger partial charge >= 0.3 is 0 Å². The number of rotatable bonds is 3. The zero-order valence-electron chi connectivity index (χ0n) is 12.0. The van der Waals surface area contributed by atoms with Crippen LogP contribution in [0.25, 0.3) is 0 Å². The summed E-state index contributed by atoms with van der Waals surface area (Å²) in [7, 11) is 0. The highest BCUT2D eigenvalue weighted by Gasteiger charge is 2.24. The lowest BCUT2D eigenvalue weighted by Crippen LogP contribution is -2.36. The molecular weight excluding hydrogens is 317 g/mol. The minimum absolute atomic E-state index is 0.236. The van der Waals surface area contributed by atoms with E-state index in [1.807, 2.05) is 6.92 Å². The van der Waals surface area contributed by atoms with Gasteiger partial charge in [-0.3, -0.25) is 0 Å². The Kier molecular flexibility index (Phi) is 4.31. The molecule has 0 spiro atoms. The molecule has 0 saturated carbocycles. The van der Waals surface area contributed by atoms with E-state index in [0.29, 0.717) is 6.42 Å². The van der Waals surface area contributed by atoms with Crippen molar-refractivity contribution in [2.75, 3.05) is 0 Å². The van der Waals surface area contributed by atoms with Crippen LogP contribution in [0.4, 0.5) is 4.39 Å². The van der Waals surface area contributed by atoms with Gasteiger partial charge in [0.1, 0.15) is 5.82 Å². The molecule has 3 heteroatoms. The summed E-state index contributed by atoms with van der Waals surface area (Å²) >= 11 is 3.47. The second-order valence-corrected chi connectivity index (χ2v) is 6.50. The zero-order chi connectivity index (χ0) is 14.9. The molecule has 1 nitrogen and oxygen atoms in total. The first-order chi connectivity index (χ1) is 9.29. The number of benzene rings is 2. The largest absolute Gasteiger partial charge is 0.321 e. The molecule has 2 N–H and O–H groups in total. The van der Waals surface area contributed by atoms with Crippen LogP contribution in [0.3, 0.4) is 0 Å². The average Bonchev–Trinajstić information content (AvgIpc) is 2.36. The SMILES string of the molecule is Cc1ccc(C)c(C(C)(N)Cc2cc(F)ccc2Br)c1. The van der Waals surface area contributed by atoms with Crippen LogP contribution < -0.4 is 5.73 Å². The standard InChI is InChI=1S/C17H19BrFN/c1-11-4-5-12(2)15(8-11)17(3,20)10-13-9-14(19)6-7-16(13)18/h4-9H,10,20H2,1-3H3. The quantitative estimate of drug-likeness (QED) is 0.869. The number of halogens is 2. The van der Waals surface area contributed by atoms with Crippen molar-refractivity contribution in [2.24, 2.45) is 5.73 Å². The first kappa shape index (κ1) is 15.2. The Bertz CT molecular complexity index is 635. The topological polar surface area (TPSA) is 26.0 Å². The van der Waals surface area contributed by atoms with Crippen LogP contribution in [0.2, 0.25) is 0 Å². The molecule has 0 aromatic heterocycles. The maximum atomic E-state index is 13.4. The predicted octanol–water partition coefficient (Wildman–Crippen LogP) is 4.62. The Morgan fingerprint density at radius 2 is 1.85 bits per heavy atom. The third-order valence-electron chi connectivity index (χ3n) is 3.57. The summed E-state index contributed by atoms with van der Waals surface area (Å²) in [5.74, 6) is -0.236. The number of nitrogens with two attached hydrogens (primary N) is 1. The van der Waals surface area contributed by atoms with Crippen LogP contribution in [0.1, 0.15) is 29.2 Å². The molecule has 1 atom stereocenters. The van der Waals surface area contributed by atoms with Gasteiger partial charge in [-0.2, -0.15) is 0 Å². The third kappa shape index (κ3) is 3.28. The highest BCUT2D eigenvalue weighted by atomic mass is 79.9. The fraction of sp³-hybridized carbons (Fsp3) is 0.294. The predicted molar refractivity (Wildman–Crippen MR) is 85.3 cm³/mol. The molecule has 0 saturated heterocycles. The average molecular weight is 336 g/mol. The minimum atomic E-state index is -0.535. The molecule has 0 aliphatic carbocycles. The molecule has 0 radical (unpaired) electrons. The van der Waals surface area contributed by atoms with Crippen LogP contribution in [-0.4, -0.2) is 0 Å². The van der Waals surface area contributed by atoms with Gasteiger partial charge in [0.05, 0.1) is 0 Å². The van der Waals surface area contributed by atoms with Gasteiger partial charge in [0, 0.05) is 10.0 Å². The summed E-state index contributed by atoms with van der Waals surface area (Å²) in [5.41, 5.74) is 10.3. The fourth-order valence-corrected chi connectivity index (χ4v) is 2.91. The van der Waals surface area contributed by atoms with Gasteiger partial charge in [-0.05, 0) is 62.1 Å². The van der Waals surface area contributed by atoms with Crippen molar-refractivity contribution >= 4 is 15.9 Å². The minimum Gasteiger partial charge on any atom is -0.321 e. The van der Waals surface area contributed by atoms with Crippen molar-refractivity contribution in [3.8, 4) is 0 Å². The van der Waals surface area contributed by atoms with E-state index in [1.165, 1.54) is 11.6 Å². The van der Waals surface area contributed by atoms with Crippen molar-refractivity contribution in [1.82, 2.24) is 0 Å². The Labute approximate surface area is 128 Å². The van der Waals surface area contributed by atoms with E-state index in [4.69, 9.17) is 5.73 Å². The fourth-order valence-electron chi connectivity index (χ4n) is 2.52. The van der Waals surface area contributed by atoms with Crippen molar-refractivity contribution in [3.05, 3.63) is 68.9 Å². The van der Waals surface area contributed by atoms with Gasteiger partial charge in [0.25, 0.3) is 0 Å². The summed E-state index contributed by atoms with van der Waals surface area (Å²) in [6.45, 7) is 6.10. The van der Waals surface area contributed by atoms with E-state index in [1.54, 1.807) is 12.1 Å². The first-order valence-corrected chi connectivity index (χ1v) is 7.39. The molecular formula is C17H19BrFN. The summed E-state index contributed by atoms with van der Waals surface area (Å²) in [4.78, 5) is 0. The Morgan fingerprint density at radius 1 is 1.15 bits per heavy atom. The van der Waals surface area contributed by atoms with E-state index < -0.39 is 5.54 Å². The summed E-state index contributed by atoms with van der Waals surface area (Å²) in [6.07, 6.45) is 0.579. The number of aryl methyl sites for hydroxylation is 2. The molecule has 0 aliphatic heterocycles. The second-order valence-electron chi connectivity index (χ2n) is 5.65. The zero-order valence-corrected chi connectivity index (χ0v) is 13.6. The summed E-state index contributed by atoms with van der Waals surface area (Å²) in [5, 5.41) is 0. The van der Waals surface area contributed by atoms with Crippen molar-refractivity contribution in [3.63, 3.8) is 0 Å². The summed E-state index contributed by atoms with van der Waals surface area (Å²) in [6, 6.07) is 11.0. The lowest BCUT2D eigenvalue weighted by atomic mass is 9.83. The lowest BCUT2D eigenvalue weighted by Gasteiger charge is -2.28. The van der Waals surface area contributed by atoms with Crippen molar-refractivity contribution in [2.45, 2.75) is 32.7 Å². The smallest absolute Gasteiger partial charge is 0.123 e. The molecule has 0 amide bonds. The van der Waals surface area contributed by atoms with Gasteiger partial charge in [-0.15, -0.1) is 0 Å².